The number of aliphatic carboxylic acids is 1. The Labute approximate surface area is 142 Å². The molecule has 1 saturated heterocycles. The molecule has 1 aromatic rings. The molecule has 1 heterocycles. The van der Waals surface area contributed by atoms with Crippen LogP contribution in [0.3, 0.4) is 0 Å². The standard InChI is InChI=1S/C14H16BrNO6S/c1-14(12(17)18,23(2,20)21)7-11-8-16(13(19)22-11)10-5-3-9(15)4-6-10/h3-6,11H,7-8H2,1-2H3,(H,17,18). The maximum absolute atomic E-state index is 12.0. The summed E-state index contributed by atoms with van der Waals surface area (Å²) in [4.78, 5) is 24.7. The molecule has 1 N–H and O–H groups in total. The summed E-state index contributed by atoms with van der Waals surface area (Å²) in [5.41, 5.74) is 0.595. The van der Waals surface area contributed by atoms with Gasteiger partial charge in [0.15, 0.2) is 14.6 Å². The molecule has 1 aliphatic rings. The molecule has 1 amide bonds. The number of nitrogens with zero attached hydrogens (tertiary/aromatic N) is 1. The molecule has 7 nitrogen and oxygen atoms in total. The molecule has 2 rings (SSSR count). The predicted molar refractivity (Wildman–Crippen MR) is 87.3 cm³/mol. The minimum Gasteiger partial charge on any atom is -0.480 e. The van der Waals surface area contributed by atoms with E-state index in [-0.39, 0.29) is 13.0 Å². The highest BCUT2D eigenvalue weighted by atomic mass is 79.9. The zero-order chi connectivity index (χ0) is 17.4. The van der Waals surface area contributed by atoms with Crippen molar-refractivity contribution in [3.05, 3.63) is 28.7 Å². The van der Waals surface area contributed by atoms with Crippen LogP contribution < -0.4 is 4.90 Å². The lowest BCUT2D eigenvalue weighted by molar-refractivity contribution is -0.140. The number of carboxylic acids is 1. The third-order valence-electron chi connectivity index (χ3n) is 3.90. The first kappa shape index (κ1) is 17.7. The normalized spacial score (nSPS) is 20.9. The van der Waals surface area contributed by atoms with E-state index in [1.807, 2.05) is 0 Å². The van der Waals surface area contributed by atoms with Gasteiger partial charge in [-0.15, -0.1) is 0 Å². The molecule has 126 valence electrons. The van der Waals surface area contributed by atoms with Crippen LogP contribution >= 0.6 is 15.9 Å². The molecule has 23 heavy (non-hydrogen) atoms. The number of benzene rings is 1. The van der Waals surface area contributed by atoms with Crippen LogP contribution in [0.1, 0.15) is 13.3 Å². The summed E-state index contributed by atoms with van der Waals surface area (Å²) >= 11 is 3.29. The van der Waals surface area contributed by atoms with Crippen molar-refractivity contribution in [2.75, 3.05) is 17.7 Å². The number of rotatable bonds is 5. The lowest BCUT2D eigenvalue weighted by Gasteiger charge is -2.24. The van der Waals surface area contributed by atoms with Crippen LogP contribution in [0, 0.1) is 0 Å². The molecule has 1 fully saturated rings. The number of sulfone groups is 1. The van der Waals surface area contributed by atoms with Crippen LogP contribution in [-0.4, -0.2) is 49.2 Å². The van der Waals surface area contributed by atoms with Crippen LogP contribution in [0.15, 0.2) is 28.7 Å². The molecule has 1 aromatic carbocycles. The van der Waals surface area contributed by atoms with E-state index in [9.17, 15) is 23.1 Å². The number of ether oxygens (including phenoxy) is 1. The molecular formula is C14H16BrNO6S. The van der Waals surface area contributed by atoms with E-state index < -0.39 is 32.8 Å². The lowest BCUT2D eigenvalue weighted by atomic mass is 10.0. The predicted octanol–water partition coefficient (Wildman–Crippen LogP) is 2.05. The van der Waals surface area contributed by atoms with Crippen molar-refractivity contribution in [3.63, 3.8) is 0 Å². The number of anilines is 1. The second kappa shape index (κ2) is 6.12. The van der Waals surface area contributed by atoms with Crippen molar-refractivity contribution in [2.24, 2.45) is 0 Å². The van der Waals surface area contributed by atoms with Crippen molar-refractivity contribution >= 4 is 43.5 Å². The molecule has 0 aliphatic carbocycles. The van der Waals surface area contributed by atoms with Gasteiger partial charge in [0, 0.05) is 22.8 Å². The molecule has 0 saturated carbocycles. The molecule has 0 aromatic heterocycles. The molecular weight excluding hydrogens is 390 g/mol. The van der Waals surface area contributed by atoms with Gasteiger partial charge in [0.2, 0.25) is 0 Å². The summed E-state index contributed by atoms with van der Waals surface area (Å²) in [6, 6.07) is 6.93. The number of carbonyl (C=O) groups is 2. The second-order valence-corrected chi connectivity index (χ2v) is 8.97. The zero-order valence-corrected chi connectivity index (χ0v) is 14.9. The van der Waals surface area contributed by atoms with Crippen LogP contribution in [0.2, 0.25) is 0 Å². The number of carbonyl (C=O) groups excluding carboxylic acids is 1. The first-order chi connectivity index (χ1) is 10.5. The van der Waals surface area contributed by atoms with Gasteiger partial charge in [0.25, 0.3) is 0 Å². The van der Waals surface area contributed by atoms with Gasteiger partial charge in [0.1, 0.15) is 6.10 Å². The number of carboxylic acid groups (broad SMARTS) is 1. The van der Waals surface area contributed by atoms with E-state index in [1.54, 1.807) is 24.3 Å². The number of amides is 1. The molecule has 2 atom stereocenters. The minimum absolute atomic E-state index is 0.0961. The summed E-state index contributed by atoms with van der Waals surface area (Å²) in [7, 11) is -3.87. The van der Waals surface area contributed by atoms with Gasteiger partial charge in [-0.05, 0) is 31.2 Å². The Morgan fingerprint density at radius 3 is 2.48 bits per heavy atom. The Morgan fingerprint density at radius 1 is 1.43 bits per heavy atom. The Morgan fingerprint density at radius 2 is 2.00 bits per heavy atom. The van der Waals surface area contributed by atoms with E-state index >= 15 is 0 Å². The van der Waals surface area contributed by atoms with Crippen LogP contribution in [0.5, 0.6) is 0 Å². The fourth-order valence-electron chi connectivity index (χ4n) is 2.29. The third kappa shape index (κ3) is 3.50. The summed E-state index contributed by atoms with van der Waals surface area (Å²) in [5, 5.41) is 9.27. The Balaban J connectivity index is 2.20. The SMILES string of the molecule is CC(CC1CN(c2ccc(Br)cc2)C(=O)O1)(C(=O)O)S(C)(=O)=O. The summed E-state index contributed by atoms with van der Waals surface area (Å²) < 4.78 is 27.6. The van der Waals surface area contributed by atoms with Gasteiger partial charge in [-0.1, -0.05) is 15.9 Å². The molecule has 9 heteroatoms. The number of halogens is 1. The third-order valence-corrected chi connectivity index (χ3v) is 6.41. The average Bonchev–Trinajstić information content (AvgIpc) is 2.78. The fraction of sp³-hybridized carbons (Fsp3) is 0.429. The van der Waals surface area contributed by atoms with Crippen LogP contribution in [0.25, 0.3) is 0 Å². The van der Waals surface area contributed by atoms with Crippen LogP contribution in [0.4, 0.5) is 10.5 Å². The lowest BCUT2D eigenvalue weighted by Crippen LogP contribution is -2.46. The summed E-state index contributed by atoms with van der Waals surface area (Å²) in [6.07, 6.45) is -0.884. The Hall–Kier alpha value is -1.61. The van der Waals surface area contributed by atoms with E-state index in [2.05, 4.69) is 15.9 Å². The van der Waals surface area contributed by atoms with Gasteiger partial charge >= 0.3 is 12.1 Å². The van der Waals surface area contributed by atoms with Gasteiger partial charge in [-0.25, -0.2) is 13.2 Å². The van der Waals surface area contributed by atoms with Crippen molar-refractivity contribution in [2.45, 2.75) is 24.2 Å². The zero-order valence-electron chi connectivity index (χ0n) is 12.5. The summed E-state index contributed by atoms with van der Waals surface area (Å²) in [5.74, 6) is -1.46. The number of hydrogen-bond acceptors (Lipinski definition) is 5. The van der Waals surface area contributed by atoms with Gasteiger partial charge < -0.3 is 9.84 Å². The summed E-state index contributed by atoms with van der Waals surface area (Å²) in [6.45, 7) is 1.22. The smallest absolute Gasteiger partial charge is 0.414 e. The maximum Gasteiger partial charge on any atom is 0.414 e. The Kier molecular flexibility index (Phi) is 4.72. The van der Waals surface area contributed by atoms with Crippen molar-refractivity contribution in [3.8, 4) is 0 Å². The van der Waals surface area contributed by atoms with Crippen molar-refractivity contribution in [1.29, 1.82) is 0 Å². The highest BCUT2D eigenvalue weighted by molar-refractivity contribution is 9.10. The molecule has 0 spiro atoms. The van der Waals surface area contributed by atoms with Gasteiger partial charge in [-0.3, -0.25) is 9.69 Å². The number of cyclic esters (lactones) is 1. The minimum atomic E-state index is -3.87. The van der Waals surface area contributed by atoms with E-state index in [0.717, 1.165) is 17.7 Å². The largest absolute Gasteiger partial charge is 0.480 e. The van der Waals surface area contributed by atoms with Crippen molar-refractivity contribution in [1.82, 2.24) is 0 Å². The highest BCUT2D eigenvalue weighted by Gasteiger charge is 2.48. The monoisotopic (exact) mass is 405 g/mol. The first-order valence-electron chi connectivity index (χ1n) is 6.71. The fourth-order valence-corrected chi connectivity index (χ4v) is 3.36. The quantitative estimate of drug-likeness (QED) is 0.804. The average molecular weight is 406 g/mol. The first-order valence-corrected chi connectivity index (χ1v) is 9.40. The Bertz CT molecular complexity index is 732. The van der Waals surface area contributed by atoms with E-state index in [0.29, 0.717) is 5.69 Å². The number of hydrogen-bond donors (Lipinski definition) is 1. The topological polar surface area (TPSA) is 101 Å². The highest BCUT2D eigenvalue weighted by Crippen LogP contribution is 2.30. The van der Waals surface area contributed by atoms with Gasteiger partial charge in [0.05, 0.1) is 6.54 Å². The molecule has 0 radical (unpaired) electrons. The molecule has 1 aliphatic heterocycles. The van der Waals surface area contributed by atoms with E-state index in [1.165, 1.54) is 4.90 Å². The van der Waals surface area contributed by atoms with Gasteiger partial charge in [-0.2, -0.15) is 0 Å². The van der Waals surface area contributed by atoms with Crippen molar-refractivity contribution < 1.29 is 27.9 Å². The van der Waals surface area contributed by atoms with E-state index in [4.69, 9.17) is 4.74 Å². The maximum atomic E-state index is 12.0. The molecule has 0 bridgehead atoms. The second-order valence-electron chi connectivity index (χ2n) is 5.61. The van der Waals surface area contributed by atoms with Crippen LogP contribution in [-0.2, 0) is 19.4 Å². The molecule has 2 unspecified atom stereocenters.